The van der Waals surface area contributed by atoms with Gasteiger partial charge < -0.3 is 5.73 Å². The van der Waals surface area contributed by atoms with Crippen LogP contribution in [0.5, 0.6) is 0 Å². The maximum absolute atomic E-state index is 12.4. The summed E-state index contributed by atoms with van der Waals surface area (Å²) in [5.41, 5.74) is 7.97. The smallest absolute Gasteiger partial charge is 0.247 e. The molecule has 0 spiro atoms. The van der Waals surface area contributed by atoms with Gasteiger partial charge in [-0.15, -0.1) is 0 Å². The summed E-state index contributed by atoms with van der Waals surface area (Å²) >= 11 is 5.03. The number of nitrogens with two attached hydrogens (primary N) is 1. The number of amides is 1. The fourth-order valence-electron chi connectivity index (χ4n) is 2.33. The lowest BCUT2D eigenvalue weighted by atomic mass is 9.86. The summed E-state index contributed by atoms with van der Waals surface area (Å²) in [6, 6.07) is 0.732. The SMILES string of the molecule is CCC(C)(C(=O)NN1C(C)CCCC1C)C(N)=S. The normalized spacial score (nSPS) is 28.4. The minimum Gasteiger partial charge on any atom is -0.392 e. The van der Waals surface area contributed by atoms with Crippen LogP contribution in [0.25, 0.3) is 0 Å². The van der Waals surface area contributed by atoms with Crippen molar-refractivity contribution in [3.05, 3.63) is 0 Å². The molecule has 3 atom stereocenters. The van der Waals surface area contributed by atoms with Gasteiger partial charge in [0.15, 0.2) is 0 Å². The zero-order valence-electron chi connectivity index (χ0n) is 11.8. The third kappa shape index (κ3) is 3.01. The van der Waals surface area contributed by atoms with Crippen molar-refractivity contribution in [2.45, 2.75) is 65.5 Å². The van der Waals surface area contributed by atoms with E-state index in [1.165, 1.54) is 6.42 Å². The molecule has 1 aliphatic heterocycles. The Bertz CT molecular complexity index is 324. The van der Waals surface area contributed by atoms with Gasteiger partial charge in [0.2, 0.25) is 5.91 Å². The van der Waals surface area contributed by atoms with Crippen molar-refractivity contribution in [3.8, 4) is 0 Å². The molecule has 1 fully saturated rings. The predicted molar refractivity (Wildman–Crippen MR) is 77.9 cm³/mol. The molecule has 1 heterocycles. The number of nitrogens with zero attached hydrogens (tertiary/aromatic N) is 1. The lowest BCUT2D eigenvalue weighted by Gasteiger charge is -2.40. The average Bonchev–Trinajstić information content (AvgIpc) is 2.32. The third-order valence-corrected chi connectivity index (χ3v) is 4.63. The molecule has 0 aliphatic carbocycles. The van der Waals surface area contributed by atoms with Gasteiger partial charge in [-0.3, -0.25) is 10.2 Å². The number of piperidine rings is 1. The molecule has 4 nitrogen and oxygen atoms in total. The highest BCUT2D eigenvalue weighted by molar-refractivity contribution is 7.80. The molecular formula is C13H25N3OS. The molecule has 3 N–H and O–H groups in total. The summed E-state index contributed by atoms with van der Waals surface area (Å²) in [7, 11) is 0. The Morgan fingerprint density at radius 2 is 1.94 bits per heavy atom. The molecule has 0 aromatic carbocycles. The maximum Gasteiger partial charge on any atom is 0.247 e. The summed E-state index contributed by atoms with van der Waals surface area (Å²) < 4.78 is 0. The third-order valence-electron chi connectivity index (χ3n) is 4.18. The zero-order chi connectivity index (χ0) is 13.9. The zero-order valence-corrected chi connectivity index (χ0v) is 12.6. The highest BCUT2D eigenvalue weighted by Gasteiger charge is 2.37. The van der Waals surface area contributed by atoms with Gasteiger partial charge in [0.25, 0.3) is 0 Å². The molecule has 18 heavy (non-hydrogen) atoms. The molecule has 1 aliphatic rings. The molecule has 3 unspecified atom stereocenters. The quantitative estimate of drug-likeness (QED) is 0.768. The van der Waals surface area contributed by atoms with Crippen LogP contribution in [-0.2, 0) is 4.79 Å². The molecule has 1 saturated heterocycles. The molecule has 1 amide bonds. The number of hydrazine groups is 1. The average molecular weight is 271 g/mol. The number of hydrogen-bond acceptors (Lipinski definition) is 3. The van der Waals surface area contributed by atoms with Crippen LogP contribution in [0.2, 0.25) is 0 Å². The van der Waals surface area contributed by atoms with Gasteiger partial charge >= 0.3 is 0 Å². The van der Waals surface area contributed by atoms with E-state index in [1.807, 2.05) is 13.8 Å². The lowest BCUT2D eigenvalue weighted by molar-refractivity contribution is -0.135. The number of thiocarbonyl (C=S) groups is 1. The molecular weight excluding hydrogens is 246 g/mol. The summed E-state index contributed by atoms with van der Waals surface area (Å²) in [4.78, 5) is 12.6. The molecule has 0 radical (unpaired) electrons. The molecule has 1 rings (SSSR count). The second kappa shape index (κ2) is 5.97. The fraction of sp³-hybridized carbons (Fsp3) is 0.846. The second-order valence-corrected chi connectivity index (χ2v) is 5.97. The summed E-state index contributed by atoms with van der Waals surface area (Å²) in [5, 5.41) is 2.05. The Hall–Kier alpha value is -0.680. The largest absolute Gasteiger partial charge is 0.392 e. The van der Waals surface area contributed by atoms with Crippen LogP contribution in [-0.4, -0.2) is 28.0 Å². The summed E-state index contributed by atoms with van der Waals surface area (Å²) in [6.45, 7) is 8.02. The van der Waals surface area contributed by atoms with Gasteiger partial charge in [0, 0.05) is 12.1 Å². The van der Waals surface area contributed by atoms with Gasteiger partial charge in [-0.1, -0.05) is 25.6 Å². The molecule has 5 heteroatoms. The van der Waals surface area contributed by atoms with Crippen molar-refractivity contribution in [2.24, 2.45) is 11.1 Å². The maximum atomic E-state index is 12.4. The topological polar surface area (TPSA) is 58.4 Å². The van der Waals surface area contributed by atoms with Crippen LogP contribution >= 0.6 is 12.2 Å². The lowest BCUT2D eigenvalue weighted by Crippen LogP contribution is -2.58. The van der Waals surface area contributed by atoms with Gasteiger partial charge in [-0.05, 0) is 40.0 Å². The van der Waals surface area contributed by atoms with E-state index < -0.39 is 5.41 Å². The Morgan fingerprint density at radius 1 is 1.44 bits per heavy atom. The van der Waals surface area contributed by atoms with Crippen molar-refractivity contribution in [2.75, 3.05) is 0 Å². The second-order valence-electron chi connectivity index (χ2n) is 5.53. The van der Waals surface area contributed by atoms with E-state index in [4.69, 9.17) is 18.0 Å². The van der Waals surface area contributed by atoms with Gasteiger partial charge in [-0.25, -0.2) is 5.01 Å². The van der Waals surface area contributed by atoms with E-state index in [9.17, 15) is 4.79 Å². The van der Waals surface area contributed by atoms with E-state index in [1.54, 1.807) is 0 Å². The Kier molecular flexibility index (Phi) is 5.10. The van der Waals surface area contributed by atoms with Crippen LogP contribution < -0.4 is 11.2 Å². The minimum absolute atomic E-state index is 0.0851. The highest BCUT2D eigenvalue weighted by Crippen LogP contribution is 2.25. The summed E-state index contributed by atoms with van der Waals surface area (Å²) in [6.07, 6.45) is 4.06. The van der Waals surface area contributed by atoms with Crippen LogP contribution in [0.15, 0.2) is 0 Å². The first kappa shape index (κ1) is 15.4. The number of carbonyl (C=O) groups excluding carboxylic acids is 1. The van der Waals surface area contributed by atoms with Gasteiger partial charge in [0.1, 0.15) is 0 Å². The number of hydrogen-bond donors (Lipinski definition) is 2. The van der Waals surface area contributed by atoms with Crippen molar-refractivity contribution < 1.29 is 4.79 Å². The van der Waals surface area contributed by atoms with E-state index >= 15 is 0 Å². The number of nitrogens with one attached hydrogen (secondary N) is 1. The highest BCUT2D eigenvalue weighted by atomic mass is 32.1. The van der Waals surface area contributed by atoms with Crippen molar-refractivity contribution in [1.29, 1.82) is 0 Å². The fourth-order valence-corrected chi connectivity index (χ4v) is 2.57. The monoisotopic (exact) mass is 271 g/mol. The predicted octanol–water partition coefficient (Wildman–Crippen LogP) is 1.98. The van der Waals surface area contributed by atoms with E-state index in [0.717, 1.165) is 12.8 Å². The molecule has 0 aromatic heterocycles. The molecule has 104 valence electrons. The number of carbonyl (C=O) groups is 1. The van der Waals surface area contributed by atoms with Crippen molar-refractivity contribution in [1.82, 2.24) is 10.4 Å². The van der Waals surface area contributed by atoms with Crippen LogP contribution in [0.1, 0.15) is 53.4 Å². The van der Waals surface area contributed by atoms with Crippen molar-refractivity contribution >= 4 is 23.1 Å². The number of rotatable bonds is 4. The molecule has 0 aromatic rings. The van der Waals surface area contributed by atoms with Crippen LogP contribution in [0, 0.1) is 5.41 Å². The standard InChI is InChI=1S/C13H25N3OS/c1-5-13(4,11(14)18)12(17)15-16-9(2)7-6-8-10(16)3/h9-10H,5-8H2,1-4H3,(H2,14,18)(H,15,17). The van der Waals surface area contributed by atoms with Crippen molar-refractivity contribution in [3.63, 3.8) is 0 Å². The Labute approximate surface area is 115 Å². The van der Waals surface area contributed by atoms with Crippen LogP contribution in [0.3, 0.4) is 0 Å². The summed E-state index contributed by atoms with van der Waals surface area (Å²) in [5.74, 6) is -0.0851. The van der Waals surface area contributed by atoms with Gasteiger partial charge in [-0.2, -0.15) is 0 Å². The Morgan fingerprint density at radius 3 is 2.33 bits per heavy atom. The van der Waals surface area contributed by atoms with E-state index in [-0.39, 0.29) is 10.9 Å². The minimum atomic E-state index is -0.758. The first-order valence-corrected chi connectivity index (χ1v) is 7.13. The van der Waals surface area contributed by atoms with E-state index in [2.05, 4.69) is 24.3 Å². The van der Waals surface area contributed by atoms with Crippen LogP contribution in [0.4, 0.5) is 0 Å². The van der Waals surface area contributed by atoms with E-state index in [0.29, 0.717) is 18.5 Å². The Balaban J connectivity index is 2.76. The first-order valence-electron chi connectivity index (χ1n) is 6.72. The molecule has 0 saturated carbocycles. The first-order chi connectivity index (χ1) is 8.32. The van der Waals surface area contributed by atoms with Gasteiger partial charge in [0.05, 0.1) is 10.4 Å². The molecule has 0 bridgehead atoms.